The van der Waals surface area contributed by atoms with Crippen LogP contribution in [-0.2, 0) is 12.8 Å². The molecule has 0 bridgehead atoms. The summed E-state index contributed by atoms with van der Waals surface area (Å²) in [5.41, 5.74) is 0.545. The van der Waals surface area contributed by atoms with Gasteiger partial charge in [-0.3, -0.25) is 0 Å². The average Bonchev–Trinajstić information content (AvgIpc) is 2.70. The monoisotopic (exact) mass is 240 g/mol. The Hall–Kier alpha value is -1.42. The lowest BCUT2D eigenvalue weighted by atomic mass is 10.1. The molecular weight excluding hydrogens is 231 g/mol. The van der Waals surface area contributed by atoms with Gasteiger partial charge in [-0.1, -0.05) is 18.2 Å². The average molecular weight is 241 g/mol. The van der Waals surface area contributed by atoms with Gasteiger partial charge in [-0.15, -0.1) is 21.8 Å². The number of benzene rings is 1. The van der Waals surface area contributed by atoms with Crippen molar-refractivity contribution in [2.75, 3.05) is 5.88 Å². The van der Waals surface area contributed by atoms with Crippen molar-refractivity contribution in [2.24, 2.45) is 0 Å². The molecule has 0 spiro atoms. The molecule has 84 valence electrons. The van der Waals surface area contributed by atoms with E-state index in [0.717, 1.165) is 0 Å². The minimum atomic E-state index is -0.264. The van der Waals surface area contributed by atoms with Gasteiger partial charge in [0.2, 0.25) is 11.8 Å². The quantitative estimate of drug-likeness (QED) is 0.771. The molecule has 2 aromatic rings. The third-order valence-electron chi connectivity index (χ3n) is 2.12. The molecule has 0 unspecified atom stereocenters. The first kappa shape index (κ1) is 11.1. The lowest BCUT2D eigenvalue weighted by molar-refractivity contribution is 0.460. The number of nitrogens with zero attached hydrogens (tertiary/aromatic N) is 2. The Labute approximate surface area is 97.3 Å². The second kappa shape index (κ2) is 5.07. The SMILES string of the molecule is Fc1ccccc1Cc1nnc(CCCl)o1. The van der Waals surface area contributed by atoms with Crippen LogP contribution in [-0.4, -0.2) is 16.1 Å². The Balaban J connectivity index is 2.11. The highest BCUT2D eigenvalue weighted by atomic mass is 35.5. The summed E-state index contributed by atoms with van der Waals surface area (Å²) >= 11 is 5.54. The largest absolute Gasteiger partial charge is 0.425 e. The lowest BCUT2D eigenvalue weighted by Gasteiger charge is -1.97. The highest BCUT2D eigenvalue weighted by molar-refractivity contribution is 6.17. The van der Waals surface area contributed by atoms with Crippen molar-refractivity contribution in [3.63, 3.8) is 0 Å². The first-order valence-corrected chi connectivity index (χ1v) is 5.43. The van der Waals surface area contributed by atoms with Crippen molar-refractivity contribution >= 4 is 11.6 Å². The Morgan fingerprint density at radius 3 is 2.69 bits per heavy atom. The molecule has 0 amide bonds. The van der Waals surface area contributed by atoms with Crippen molar-refractivity contribution in [2.45, 2.75) is 12.8 Å². The van der Waals surface area contributed by atoms with Crippen molar-refractivity contribution in [1.82, 2.24) is 10.2 Å². The number of hydrogen-bond acceptors (Lipinski definition) is 3. The Morgan fingerprint density at radius 1 is 1.19 bits per heavy atom. The van der Waals surface area contributed by atoms with E-state index in [1.807, 2.05) is 0 Å². The maximum atomic E-state index is 13.3. The van der Waals surface area contributed by atoms with Gasteiger partial charge >= 0.3 is 0 Å². The third-order valence-corrected chi connectivity index (χ3v) is 2.31. The molecule has 0 saturated carbocycles. The zero-order valence-corrected chi connectivity index (χ0v) is 9.25. The summed E-state index contributed by atoms with van der Waals surface area (Å²) in [4.78, 5) is 0. The van der Waals surface area contributed by atoms with Gasteiger partial charge in [-0.25, -0.2) is 4.39 Å². The van der Waals surface area contributed by atoms with Gasteiger partial charge < -0.3 is 4.42 Å². The summed E-state index contributed by atoms with van der Waals surface area (Å²) < 4.78 is 18.6. The minimum Gasteiger partial charge on any atom is -0.425 e. The first-order valence-electron chi connectivity index (χ1n) is 4.90. The number of halogens is 2. The molecule has 3 nitrogen and oxygen atoms in total. The fourth-order valence-corrected chi connectivity index (χ4v) is 1.51. The lowest BCUT2D eigenvalue weighted by Crippen LogP contribution is -1.92. The maximum absolute atomic E-state index is 13.3. The Kier molecular flexibility index (Phi) is 3.51. The summed E-state index contributed by atoms with van der Waals surface area (Å²) in [6.07, 6.45) is 0.841. The summed E-state index contributed by atoms with van der Waals surface area (Å²) in [7, 11) is 0. The van der Waals surface area contributed by atoms with Crippen LogP contribution in [0.3, 0.4) is 0 Å². The van der Waals surface area contributed by atoms with Crippen molar-refractivity contribution in [3.05, 3.63) is 47.4 Å². The molecule has 0 saturated heterocycles. The minimum absolute atomic E-state index is 0.264. The molecule has 0 radical (unpaired) electrons. The molecule has 0 aliphatic rings. The van der Waals surface area contributed by atoms with Crippen LogP contribution in [0.25, 0.3) is 0 Å². The third kappa shape index (κ3) is 2.58. The summed E-state index contributed by atoms with van der Waals surface area (Å²) in [5.74, 6) is 1.06. The van der Waals surface area contributed by atoms with E-state index in [9.17, 15) is 4.39 Å². The fraction of sp³-hybridized carbons (Fsp3) is 0.273. The molecule has 0 aliphatic carbocycles. The molecule has 5 heteroatoms. The number of aromatic nitrogens is 2. The normalized spacial score (nSPS) is 10.6. The fourth-order valence-electron chi connectivity index (χ4n) is 1.35. The van der Waals surface area contributed by atoms with Gasteiger partial charge in [0.1, 0.15) is 5.82 Å². The molecule has 0 N–H and O–H groups in total. The van der Waals surface area contributed by atoms with E-state index in [0.29, 0.717) is 36.1 Å². The first-order chi connectivity index (χ1) is 7.79. The molecule has 1 aromatic carbocycles. The van der Waals surface area contributed by atoms with Gasteiger partial charge in [0.05, 0.1) is 6.42 Å². The molecular formula is C11H10ClFN2O. The van der Waals surface area contributed by atoms with E-state index in [-0.39, 0.29) is 5.82 Å². The van der Waals surface area contributed by atoms with Gasteiger partial charge in [0.15, 0.2) is 0 Å². The molecule has 2 rings (SSSR count). The van der Waals surface area contributed by atoms with E-state index >= 15 is 0 Å². The van der Waals surface area contributed by atoms with Crippen LogP contribution >= 0.6 is 11.6 Å². The molecule has 0 aliphatic heterocycles. The van der Waals surface area contributed by atoms with E-state index in [1.54, 1.807) is 18.2 Å². The van der Waals surface area contributed by atoms with Crippen LogP contribution < -0.4 is 0 Å². The number of aryl methyl sites for hydroxylation is 1. The van der Waals surface area contributed by atoms with Crippen LogP contribution in [0.1, 0.15) is 17.3 Å². The Bertz CT molecular complexity index is 473. The predicted molar refractivity (Wildman–Crippen MR) is 57.9 cm³/mol. The van der Waals surface area contributed by atoms with Gasteiger partial charge in [0, 0.05) is 12.3 Å². The highest BCUT2D eigenvalue weighted by Gasteiger charge is 2.08. The van der Waals surface area contributed by atoms with E-state index < -0.39 is 0 Å². The number of rotatable bonds is 4. The summed E-state index contributed by atoms with van der Waals surface area (Å²) in [6.45, 7) is 0. The van der Waals surface area contributed by atoms with E-state index in [4.69, 9.17) is 16.0 Å². The van der Waals surface area contributed by atoms with Gasteiger partial charge in [-0.2, -0.15) is 0 Å². The summed E-state index contributed by atoms with van der Waals surface area (Å²) in [6, 6.07) is 6.52. The van der Waals surface area contributed by atoms with Crippen molar-refractivity contribution in [3.8, 4) is 0 Å². The van der Waals surface area contributed by atoms with Crippen LogP contribution in [0.4, 0.5) is 4.39 Å². The van der Waals surface area contributed by atoms with E-state index in [2.05, 4.69) is 10.2 Å². The van der Waals surface area contributed by atoms with Crippen LogP contribution in [0, 0.1) is 5.82 Å². The number of hydrogen-bond donors (Lipinski definition) is 0. The summed E-state index contributed by atoms with van der Waals surface area (Å²) in [5, 5.41) is 7.64. The highest BCUT2D eigenvalue weighted by Crippen LogP contribution is 2.12. The molecule has 0 fully saturated rings. The standard InChI is InChI=1S/C11H10ClFN2O/c12-6-5-10-14-15-11(16-10)7-8-3-1-2-4-9(8)13/h1-4H,5-7H2. The zero-order chi connectivity index (χ0) is 11.4. The molecule has 0 atom stereocenters. The predicted octanol–water partition coefficient (Wildman–Crippen LogP) is 2.58. The molecule has 16 heavy (non-hydrogen) atoms. The van der Waals surface area contributed by atoms with Crippen LogP contribution in [0.15, 0.2) is 28.7 Å². The zero-order valence-electron chi connectivity index (χ0n) is 8.49. The van der Waals surface area contributed by atoms with Crippen molar-refractivity contribution in [1.29, 1.82) is 0 Å². The van der Waals surface area contributed by atoms with Gasteiger partial charge in [-0.05, 0) is 11.6 Å². The van der Waals surface area contributed by atoms with Crippen molar-refractivity contribution < 1.29 is 8.81 Å². The van der Waals surface area contributed by atoms with Crippen LogP contribution in [0.2, 0.25) is 0 Å². The van der Waals surface area contributed by atoms with Crippen LogP contribution in [0.5, 0.6) is 0 Å². The smallest absolute Gasteiger partial charge is 0.221 e. The second-order valence-electron chi connectivity index (χ2n) is 3.30. The number of alkyl halides is 1. The maximum Gasteiger partial charge on any atom is 0.221 e. The van der Waals surface area contributed by atoms with E-state index in [1.165, 1.54) is 6.07 Å². The topological polar surface area (TPSA) is 38.9 Å². The Morgan fingerprint density at radius 2 is 1.94 bits per heavy atom. The second-order valence-corrected chi connectivity index (χ2v) is 3.67. The molecule has 1 aromatic heterocycles. The molecule has 1 heterocycles. The van der Waals surface area contributed by atoms with Gasteiger partial charge in [0.25, 0.3) is 0 Å².